The van der Waals surface area contributed by atoms with Crippen LogP contribution in [-0.2, 0) is 24.1 Å². The van der Waals surface area contributed by atoms with Gasteiger partial charge in [-0.25, -0.2) is 14.3 Å². The van der Waals surface area contributed by atoms with Crippen molar-refractivity contribution in [1.82, 2.24) is 5.48 Å². The van der Waals surface area contributed by atoms with Crippen molar-refractivity contribution < 1.29 is 18.8 Å². The molecule has 0 aliphatic heterocycles. The van der Waals surface area contributed by atoms with Crippen LogP contribution >= 0.6 is 0 Å². The molecule has 0 saturated heterocycles. The quantitative estimate of drug-likeness (QED) is 0.404. The third kappa shape index (κ3) is 6.27. The molecule has 2 rings (SSSR count). The molecule has 1 amide bonds. The predicted molar refractivity (Wildman–Crippen MR) is 93.0 cm³/mol. The molecule has 5 heteroatoms. The van der Waals surface area contributed by atoms with E-state index in [0.29, 0.717) is 5.56 Å². The molecule has 0 aromatic heterocycles. The molecule has 1 unspecified atom stereocenters. The number of rotatable bonds is 9. The topological polar surface area (TPSA) is 49.3 Å². The standard InChI is InChI=1S/C20H23F2NO2/c21-14-19(22)18-11-9-16(10-12-18)4-2-1-3-15-5-7-17(8-6-15)13-20(24)23-25/h5-12,19,25H,1-4,13-14H2,(H,23,24). The normalized spacial score (nSPS) is 12.0. The highest BCUT2D eigenvalue weighted by atomic mass is 19.2. The molecular formula is C20H23F2NO2. The minimum absolute atomic E-state index is 0.162. The van der Waals surface area contributed by atoms with Gasteiger partial charge in [-0.15, -0.1) is 0 Å². The molecule has 2 aromatic carbocycles. The largest absolute Gasteiger partial charge is 0.289 e. The van der Waals surface area contributed by atoms with Crippen molar-refractivity contribution in [2.75, 3.05) is 6.67 Å². The number of carbonyl (C=O) groups is 1. The Balaban J connectivity index is 1.73. The third-order valence-corrected chi connectivity index (χ3v) is 4.17. The lowest BCUT2D eigenvalue weighted by Crippen LogP contribution is -2.20. The molecule has 2 aromatic rings. The summed E-state index contributed by atoms with van der Waals surface area (Å²) in [5.41, 5.74) is 5.19. The molecule has 0 heterocycles. The van der Waals surface area contributed by atoms with Crippen molar-refractivity contribution in [3.05, 3.63) is 70.8 Å². The molecule has 134 valence electrons. The van der Waals surface area contributed by atoms with Crippen molar-refractivity contribution >= 4 is 5.91 Å². The Morgan fingerprint density at radius 1 is 0.920 bits per heavy atom. The zero-order chi connectivity index (χ0) is 18.1. The second-order valence-corrected chi connectivity index (χ2v) is 6.10. The summed E-state index contributed by atoms with van der Waals surface area (Å²) in [6.07, 6.45) is 2.51. The fourth-order valence-electron chi connectivity index (χ4n) is 2.69. The molecule has 0 bridgehead atoms. The summed E-state index contributed by atoms with van der Waals surface area (Å²) in [7, 11) is 0. The van der Waals surface area contributed by atoms with Gasteiger partial charge < -0.3 is 0 Å². The lowest BCUT2D eigenvalue weighted by atomic mass is 10.0. The first kappa shape index (κ1) is 19.1. The van der Waals surface area contributed by atoms with E-state index in [0.717, 1.165) is 36.8 Å². The van der Waals surface area contributed by atoms with Gasteiger partial charge in [0.05, 0.1) is 6.42 Å². The van der Waals surface area contributed by atoms with Crippen LogP contribution in [0.25, 0.3) is 0 Å². The van der Waals surface area contributed by atoms with Gasteiger partial charge >= 0.3 is 0 Å². The van der Waals surface area contributed by atoms with Gasteiger partial charge in [-0.05, 0) is 47.9 Å². The fraction of sp³-hybridized carbons (Fsp3) is 0.350. The van der Waals surface area contributed by atoms with Gasteiger partial charge in [0.15, 0.2) is 6.17 Å². The Morgan fingerprint density at radius 2 is 1.40 bits per heavy atom. The maximum Gasteiger partial charge on any atom is 0.247 e. The Kier molecular flexibility index (Phi) is 7.54. The van der Waals surface area contributed by atoms with Crippen LogP contribution < -0.4 is 5.48 Å². The van der Waals surface area contributed by atoms with Gasteiger partial charge in [-0.3, -0.25) is 10.0 Å². The fourth-order valence-corrected chi connectivity index (χ4v) is 2.69. The minimum atomic E-state index is -1.53. The first-order valence-electron chi connectivity index (χ1n) is 8.42. The van der Waals surface area contributed by atoms with E-state index in [1.165, 1.54) is 5.56 Å². The number of halogens is 2. The van der Waals surface area contributed by atoms with Gasteiger partial charge in [0.25, 0.3) is 0 Å². The zero-order valence-electron chi connectivity index (χ0n) is 14.1. The molecule has 0 fully saturated rings. The summed E-state index contributed by atoms with van der Waals surface area (Å²) >= 11 is 0. The van der Waals surface area contributed by atoms with E-state index >= 15 is 0 Å². The van der Waals surface area contributed by atoms with Gasteiger partial charge in [-0.1, -0.05) is 48.5 Å². The lowest BCUT2D eigenvalue weighted by Gasteiger charge is -2.07. The SMILES string of the molecule is O=C(Cc1ccc(CCCCc2ccc(C(F)CF)cc2)cc1)NO. The van der Waals surface area contributed by atoms with Crippen LogP contribution in [-0.4, -0.2) is 17.8 Å². The van der Waals surface area contributed by atoms with Crippen molar-refractivity contribution in [3.63, 3.8) is 0 Å². The second kappa shape index (κ2) is 9.89. The summed E-state index contributed by atoms with van der Waals surface area (Å²) in [6, 6.07) is 14.8. The number of carbonyl (C=O) groups excluding carboxylic acids is 1. The van der Waals surface area contributed by atoms with Crippen LogP contribution in [0.2, 0.25) is 0 Å². The number of amides is 1. The van der Waals surface area contributed by atoms with Crippen LogP contribution in [0.1, 0.15) is 41.3 Å². The lowest BCUT2D eigenvalue weighted by molar-refractivity contribution is -0.128. The van der Waals surface area contributed by atoms with E-state index in [2.05, 4.69) is 0 Å². The van der Waals surface area contributed by atoms with Crippen molar-refractivity contribution in [3.8, 4) is 0 Å². The number of nitrogens with one attached hydrogen (secondary N) is 1. The third-order valence-electron chi connectivity index (χ3n) is 4.17. The van der Waals surface area contributed by atoms with E-state index in [1.54, 1.807) is 17.6 Å². The predicted octanol–water partition coefficient (Wildman–Crippen LogP) is 4.28. The maximum absolute atomic E-state index is 13.2. The molecule has 0 aliphatic carbocycles. The van der Waals surface area contributed by atoms with E-state index in [9.17, 15) is 13.6 Å². The number of aryl methyl sites for hydroxylation is 2. The number of hydrogen-bond acceptors (Lipinski definition) is 2. The smallest absolute Gasteiger partial charge is 0.247 e. The molecular weight excluding hydrogens is 324 g/mol. The van der Waals surface area contributed by atoms with Crippen LogP contribution in [0, 0.1) is 0 Å². The van der Waals surface area contributed by atoms with E-state index in [1.807, 2.05) is 36.4 Å². The van der Waals surface area contributed by atoms with Crippen LogP contribution in [0.15, 0.2) is 48.5 Å². The Labute approximate surface area is 146 Å². The average molecular weight is 347 g/mol. The molecule has 25 heavy (non-hydrogen) atoms. The number of benzene rings is 2. The van der Waals surface area contributed by atoms with E-state index in [-0.39, 0.29) is 6.42 Å². The molecule has 0 aliphatic rings. The molecule has 0 saturated carbocycles. The van der Waals surface area contributed by atoms with Crippen LogP contribution in [0.4, 0.5) is 8.78 Å². The summed E-state index contributed by atoms with van der Waals surface area (Å²) in [5, 5.41) is 8.51. The summed E-state index contributed by atoms with van der Waals surface area (Å²) in [6.45, 7) is -0.983. The highest BCUT2D eigenvalue weighted by molar-refractivity contribution is 5.77. The van der Waals surface area contributed by atoms with Gasteiger partial charge in [0, 0.05) is 0 Å². The Morgan fingerprint density at radius 3 is 1.88 bits per heavy atom. The highest BCUT2D eigenvalue weighted by Crippen LogP contribution is 2.19. The van der Waals surface area contributed by atoms with E-state index in [4.69, 9.17) is 5.21 Å². The zero-order valence-corrected chi connectivity index (χ0v) is 14.1. The molecule has 2 N–H and O–H groups in total. The second-order valence-electron chi connectivity index (χ2n) is 6.10. The molecule has 0 radical (unpaired) electrons. The first-order chi connectivity index (χ1) is 12.1. The average Bonchev–Trinajstić information content (AvgIpc) is 2.66. The van der Waals surface area contributed by atoms with E-state index < -0.39 is 18.8 Å². The van der Waals surface area contributed by atoms with Crippen LogP contribution in [0.3, 0.4) is 0 Å². The van der Waals surface area contributed by atoms with Crippen LogP contribution in [0.5, 0.6) is 0 Å². The number of unbranched alkanes of at least 4 members (excludes halogenated alkanes) is 1. The summed E-state index contributed by atoms with van der Waals surface area (Å²) in [4.78, 5) is 11.1. The first-order valence-corrected chi connectivity index (χ1v) is 8.42. The molecule has 3 nitrogen and oxygen atoms in total. The Bertz CT molecular complexity index is 656. The number of hydroxylamine groups is 1. The maximum atomic E-state index is 13.2. The minimum Gasteiger partial charge on any atom is -0.289 e. The van der Waals surface area contributed by atoms with Gasteiger partial charge in [0.1, 0.15) is 6.67 Å². The molecule has 0 spiro atoms. The van der Waals surface area contributed by atoms with Crippen molar-refractivity contribution in [1.29, 1.82) is 0 Å². The van der Waals surface area contributed by atoms with Gasteiger partial charge in [0.2, 0.25) is 5.91 Å². The number of alkyl halides is 2. The Hall–Kier alpha value is -2.27. The highest BCUT2D eigenvalue weighted by Gasteiger charge is 2.08. The summed E-state index contributed by atoms with van der Waals surface area (Å²) < 4.78 is 25.5. The van der Waals surface area contributed by atoms with Crippen molar-refractivity contribution in [2.24, 2.45) is 0 Å². The van der Waals surface area contributed by atoms with Gasteiger partial charge in [-0.2, -0.15) is 0 Å². The monoisotopic (exact) mass is 347 g/mol. The number of hydrogen-bond donors (Lipinski definition) is 2. The molecule has 1 atom stereocenters. The van der Waals surface area contributed by atoms with Crippen molar-refractivity contribution in [2.45, 2.75) is 38.3 Å². The summed E-state index contributed by atoms with van der Waals surface area (Å²) in [5.74, 6) is -0.427.